The van der Waals surface area contributed by atoms with Gasteiger partial charge in [0.1, 0.15) is 0 Å². The number of anilines is 1. The summed E-state index contributed by atoms with van der Waals surface area (Å²) in [6.07, 6.45) is 1.22. The molecule has 1 heterocycles. The van der Waals surface area contributed by atoms with Gasteiger partial charge in [-0.1, -0.05) is 0 Å². The summed E-state index contributed by atoms with van der Waals surface area (Å²) in [6, 6.07) is 1.19. The fraction of sp³-hybridized carbons (Fsp3) is 0.300. The van der Waals surface area contributed by atoms with Crippen LogP contribution in [0.3, 0.4) is 0 Å². The number of pyridine rings is 1. The Morgan fingerprint density at radius 2 is 2.18 bits per heavy atom. The summed E-state index contributed by atoms with van der Waals surface area (Å²) in [6.45, 7) is 2.00. The van der Waals surface area contributed by atoms with Gasteiger partial charge in [-0.25, -0.2) is 9.37 Å². The van der Waals surface area contributed by atoms with Crippen molar-refractivity contribution < 1.29 is 14.0 Å². The number of nitrogens with two attached hydrogens (primary N) is 1. The molecular weight excluding hydrogens is 227 g/mol. The molecule has 1 aromatic rings. The van der Waals surface area contributed by atoms with Crippen LogP contribution in [0.2, 0.25) is 0 Å². The van der Waals surface area contributed by atoms with E-state index in [9.17, 15) is 14.0 Å². The minimum absolute atomic E-state index is 0.214. The monoisotopic (exact) mass is 240 g/mol. The number of hydrogen-bond acceptors (Lipinski definition) is 4. The van der Waals surface area contributed by atoms with Crippen LogP contribution < -0.4 is 16.4 Å². The predicted octanol–water partition coefficient (Wildman–Crippen LogP) is -0.331. The number of rotatable bonds is 4. The first-order valence-corrected chi connectivity index (χ1v) is 5.01. The summed E-state index contributed by atoms with van der Waals surface area (Å²) >= 11 is 0. The van der Waals surface area contributed by atoms with Gasteiger partial charge in [0.05, 0.1) is 12.1 Å². The Balaban J connectivity index is 2.64. The number of halogens is 1. The molecule has 0 unspecified atom stereocenters. The Kier molecular flexibility index (Phi) is 4.38. The van der Waals surface area contributed by atoms with Gasteiger partial charge in [-0.2, -0.15) is 0 Å². The summed E-state index contributed by atoms with van der Waals surface area (Å²) in [4.78, 5) is 26.1. The van der Waals surface area contributed by atoms with Crippen molar-refractivity contribution in [2.24, 2.45) is 0 Å². The molecular formula is C10H13FN4O2. The zero-order chi connectivity index (χ0) is 12.8. The van der Waals surface area contributed by atoms with Crippen LogP contribution in [0.1, 0.15) is 17.3 Å². The summed E-state index contributed by atoms with van der Waals surface area (Å²) in [5, 5.41) is 4.77. The molecule has 0 saturated carbocycles. The van der Waals surface area contributed by atoms with Crippen molar-refractivity contribution in [1.82, 2.24) is 15.6 Å². The molecule has 0 aliphatic carbocycles. The van der Waals surface area contributed by atoms with E-state index in [1.807, 2.05) is 0 Å². The van der Waals surface area contributed by atoms with Crippen molar-refractivity contribution in [3.63, 3.8) is 0 Å². The van der Waals surface area contributed by atoms with Crippen LogP contribution in [0.4, 0.5) is 10.2 Å². The summed E-state index contributed by atoms with van der Waals surface area (Å²) in [5.41, 5.74) is 4.98. The minimum Gasteiger partial charge on any atom is -0.381 e. The first-order chi connectivity index (χ1) is 8.06. The number of hydrogen-bond donors (Lipinski definition) is 3. The number of likely N-dealkylation sites (N-methyl/N-ethyl adjacent to an activating group) is 1. The van der Waals surface area contributed by atoms with E-state index in [1.165, 1.54) is 12.3 Å². The van der Waals surface area contributed by atoms with E-state index in [2.05, 4.69) is 15.6 Å². The number of carbonyl (C=O) groups is 2. The Bertz CT molecular complexity index is 436. The van der Waals surface area contributed by atoms with E-state index >= 15 is 0 Å². The van der Waals surface area contributed by atoms with Gasteiger partial charge in [-0.05, 0) is 13.0 Å². The highest BCUT2D eigenvalue weighted by molar-refractivity contribution is 5.97. The second-order valence-corrected chi connectivity index (χ2v) is 3.19. The third kappa shape index (κ3) is 3.40. The second-order valence-electron chi connectivity index (χ2n) is 3.19. The number of aromatic nitrogens is 1. The first-order valence-electron chi connectivity index (χ1n) is 5.01. The number of carbonyl (C=O) groups excluding carboxylic acids is 2. The molecule has 0 aliphatic rings. The lowest BCUT2D eigenvalue weighted by Crippen LogP contribution is -2.37. The SMILES string of the molecule is CCNC(=O)CNC(=O)c1ccnc(N)c1F. The van der Waals surface area contributed by atoms with Gasteiger partial charge in [0, 0.05) is 12.7 Å². The van der Waals surface area contributed by atoms with Gasteiger partial charge >= 0.3 is 0 Å². The molecule has 17 heavy (non-hydrogen) atoms. The largest absolute Gasteiger partial charge is 0.381 e. The smallest absolute Gasteiger partial charge is 0.254 e. The molecule has 0 aromatic carbocycles. The molecule has 7 heteroatoms. The third-order valence-electron chi connectivity index (χ3n) is 1.94. The fourth-order valence-corrected chi connectivity index (χ4v) is 1.15. The molecule has 1 aromatic heterocycles. The van der Waals surface area contributed by atoms with Gasteiger partial charge in [-0.3, -0.25) is 9.59 Å². The average molecular weight is 240 g/mol. The van der Waals surface area contributed by atoms with Crippen LogP contribution in [0.5, 0.6) is 0 Å². The first kappa shape index (κ1) is 12.9. The quantitative estimate of drug-likeness (QED) is 0.671. The van der Waals surface area contributed by atoms with E-state index in [-0.39, 0.29) is 23.8 Å². The van der Waals surface area contributed by atoms with E-state index in [4.69, 9.17) is 5.73 Å². The third-order valence-corrected chi connectivity index (χ3v) is 1.94. The lowest BCUT2D eigenvalue weighted by Gasteiger charge is -2.06. The zero-order valence-electron chi connectivity index (χ0n) is 9.29. The van der Waals surface area contributed by atoms with E-state index in [0.717, 1.165) is 0 Å². The maximum absolute atomic E-state index is 13.4. The van der Waals surface area contributed by atoms with Gasteiger partial charge in [0.2, 0.25) is 5.91 Å². The van der Waals surface area contributed by atoms with Crippen molar-refractivity contribution >= 4 is 17.6 Å². The van der Waals surface area contributed by atoms with Crippen LogP contribution in [-0.2, 0) is 4.79 Å². The lowest BCUT2D eigenvalue weighted by molar-refractivity contribution is -0.120. The molecule has 1 rings (SSSR count). The maximum Gasteiger partial charge on any atom is 0.254 e. The number of nitrogens with one attached hydrogen (secondary N) is 2. The Labute approximate surface area is 97.4 Å². The standard InChI is InChI=1S/C10H13FN4O2/c1-2-13-7(16)5-15-10(17)6-3-4-14-9(12)8(6)11/h3-4H,2,5H2,1H3,(H2,12,14)(H,13,16)(H,15,17). The van der Waals surface area contributed by atoms with Crippen LogP contribution in [-0.4, -0.2) is 29.9 Å². The van der Waals surface area contributed by atoms with E-state index in [1.54, 1.807) is 6.92 Å². The van der Waals surface area contributed by atoms with Crippen molar-refractivity contribution in [3.05, 3.63) is 23.6 Å². The topological polar surface area (TPSA) is 97.1 Å². The van der Waals surface area contributed by atoms with Gasteiger partial charge < -0.3 is 16.4 Å². The van der Waals surface area contributed by atoms with Crippen molar-refractivity contribution in [2.75, 3.05) is 18.8 Å². The van der Waals surface area contributed by atoms with Crippen LogP contribution in [0, 0.1) is 5.82 Å². The molecule has 0 atom stereocenters. The normalized spacial score (nSPS) is 9.76. The second kappa shape index (κ2) is 5.78. The summed E-state index contributed by atoms with van der Waals surface area (Å²) < 4.78 is 13.4. The molecule has 6 nitrogen and oxygen atoms in total. The number of amides is 2. The average Bonchev–Trinajstić information content (AvgIpc) is 2.30. The molecule has 0 radical (unpaired) electrons. The molecule has 0 bridgehead atoms. The summed E-state index contributed by atoms with van der Waals surface area (Å²) in [7, 11) is 0. The molecule has 4 N–H and O–H groups in total. The van der Waals surface area contributed by atoms with E-state index < -0.39 is 11.7 Å². The molecule has 0 saturated heterocycles. The highest BCUT2D eigenvalue weighted by Gasteiger charge is 2.14. The van der Waals surface area contributed by atoms with Gasteiger partial charge in [0.15, 0.2) is 11.6 Å². The maximum atomic E-state index is 13.4. The Hall–Kier alpha value is -2.18. The highest BCUT2D eigenvalue weighted by Crippen LogP contribution is 2.11. The van der Waals surface area contributed by atoms with Gasteiger partial charge in [0.25, 0.3) is 5.91 Å². The molecule has 0 fully saturated rings. The van der Waals surface area contributed by atoms with Crippen LogP contribution >= 0.6 is 0 Å². The van der Waals surface area contributed by atoms with Crippen molar-refractivity contribution in [1.29, 1.82) is 0 Å². The molecule has 2 amide bonds. The molecule has 92 valence electrons. The summed E-state index contributed by atoms with van der Waals surface area (Å²) in [5.74, 6) is -2.29. The highest BCUT2D eigenvalue weighted by atomic mass is 19.1. The minimum atomic E-state index is -0.888. The molecule has 0 spiro atoms. The Morgan fingerprint density at radius 3 is 2.82 bits per heavy atom. The van der Waals surface area contributed by atoms with E-state index in [0.29, 0.717) is 6.54 Å². The van der Waals surface area contributed by atoms with Crippen molar-refractivity contribution in [3.8, 4) is 0 Å². The molecule has 0 aliphatic heterocycles. The Morgan fingerprint density at radius 1 is 1.47 bits per heavy atom. The van der Waals surface area contributed by atoms with Gasteiger partial charge in [-0.15, -0.1) is 0 Å². The van der Waals surface area contributed by atoms with Crippen LogP contribution in [0.15, 0.2) is 12.3 Å². The van der Waals surface area contributed by atoms with Crippen LogP contribution in [0.25, 0.3) is 0 Å². The zero-order valence-corrected chi connectivity index (χ0v) is 9.29. The van der Waals surface area contributed by atoms with Crippen molar-refractivity contribution in [2.45, 2.75) is 6.92 Å². The predicted molar refractivity (Wildman–Crippen MR) is 59.6 cm³/mol. The number of nitrogen functional groups attached to an aromatic ring is 1. The number of nitrogens with zero attached hydrogens (tertiary/aromatic N) is 1. The fourth-order valence-electron chi connectivity index (χ4n) is 1.15. The lowest BCUT2D eigenvalue weighted by atomic mass is 10.2.